The van der Waals surface area contributed by atoms with Gasteiger partial charge in [-0.05, 0) is 45.9 Å². The minimum Gasteiger partial charge on any atom is -0.479 e. The number of rotatable bonds is 4. The molecule has 0 saturated carbocycles. The molecule has 2 rings (SSSR count). The lowest BCUT2D eigenvalue weighted by atomic mass is 10.2. The molecule has 1 heterocycles. The maximum absolute atomic E-state index is 12.0. The van der Waals surface area contributed by atoms with Crippen LogP contribution < -0.4 is 10.6 Å². The molecule has 1 atom stereocenters. The highest BCUT2D eigenvalue weighted by molar-refractivity contribution is 9.10. The molecule has 0 aliphatic carbocycles. The number of aliphatic carboxylic acids is 1. The zero-order chi connectivity index (χ0) is 15.4. The van der Waals surface area contributed by atoms with E-state index in [9.17, 15) is 14.7 Å². The number of carboxylic acids is 1. The molecule has 0 bridgehead atoms. The predicted octanol–water partition coefficient (Wildman–Crippen LogP) is 3.77. The van der Waals surface area contributed by atoms with Gasteiger partial charge < -0.3 is 15.7 Å². The summed E-state index contributed by atoms with van der Waals surface area (Å²) in [5.41, 5.74) is 1.56. The van der Waals surface area contributed by atoms with Gasteiger partial charge in [-0.25, -0.2) is 9.59 Å². The van der Waals surface area contributed by atoms with E-state index in [-0.39, 0.29) is 0 Å². The number of thiophene rings is 1. The number of halogens is 1. The van der Waals surface area contributed by atoms with E-state index in [0.29, 0.717) is 10.6 Å². The number of hydrogen-bond donors (Lipinski definition) is 3. The lowest BCUT2D eigenvalue weighted by Crippen LogP contribution is -2.36. The van der Waals surface area contributed by atoms with Crippen LogP contribution in [0, 0.1) is 6.92 Å². The Morgan fingerprint density at radius 3 is 2.67 bits per heavy atom. The third-order valence-electron chi connectivity index (χ3n) is 2.79. The van der Waals surface area contributed by atoms with Gasteiger partial charge in [0.2, 0.25) is 0 Å². The van der Waals surface area contributed by atoms with Gasteiger partial charge in [0.25, 0.3) is 0 Å². The fraction of sp³-hybridized carbons (Fsp3) is 0.143. The molecule has 0 aliphatic rings. The summed E-state index contributed by atoms with van der Waals surface area (Å²) in [6.07, 6.45) is 0. The van der Waals surface area contributed by atoms with Gasteiger partial charge in [0.1, 0.15) is 0 Å². The summed E-state index contributed by atoms with van der Waals surface area (Å²) in [6, 6.07) is 7.23. The number of aryl methyl sites for hydroxylation is 1. The summed E-state index contributed by atoms with van der Waals surface area (Å²) in [4.78, 5) is 23.8. The molecule has 3 N–H and O–H groups in total. The normalized spacial score (nSPS) is 11.7. The van der Waals surface area contributed by atoms with Crippen molar-refractivity contribution in [2.45, 2.75) is 13.0 Å². The fourth-order valence-corrected chi connectivity index (χ4v) is 2.87. The van der Waals surface area contributed by atoms with Gasteiger partial charge in [-0.3, -0.25) is 0 Å². The van der Waals surface area contributed by atoms with E-state index in [0.717, 1.165) is 10.0 Å². The number of urea groups is 1. The Labute approximate surface area is 134 Å². The molecular formula is C14H13BrN2O3S. The van der Waals surface area contributed by atoms with Crippen LogP contribution in [0.3, 0.4) is 0 Å². The zero-order valence-corrected chi connectivity index (χ0v) is 13.5. The molecule has 1 unspecified atom stereocenters. The Morgan fingerprint density at radius 2 is 2.05 bits per heavy atom. The SMILES string of the molecule is Cc1cccc(NC(=O)NC(C(=O)O)c2cccs2)c1Br. The number of hydrogen-bond acceptors (Lipinski definition) is 3. The topological polar surface area (TPSA) is 78.4 Å². The first kappa shape index (κ1) is 15.5. The zero-order valence-electron chi connectivity index (χ0n) is 11.1. The Kier molecular flexibility index (Phi) is 4.98. The molecule has 0 spiro atoms. The van der Waals surface area contributed by atoms with E-state index in [1.807, 2.05) is 19.1 Å². The van der Waals surface area contributed by atoms with Gasteiger partial charge in [0.05, 0.1) is 5.69 Å². The van der Waals surface area contributed by atoms with Crippen LogP contribution in [0.15, 0.2) is 40.2 Å². The molecule has 0 fully saturated rings. The van der Waals surface area contributed by atoms with Gasteiger partial charge in [-0.1, -0.05) is 18.2 Å². The molecule has 2 aromatic rings. The molecule has 110 valence electrons. The number of amides is 2. The first-order valence-electron chi connectivity index (χ1n) is 6.08. The summed E-state index contributed by atoms with van der Waals surface area (Å²) in [5.74, 6) is -1.10. The average molecular weight is 369 g/mol. The Morgan fingerprint density at radius 1 is 1.29 bits per heavy atom. The average Bonchev–Trinajstić information content (AvgIpc) is 2.95. The molecular weight excluding hydrogens is 356 g/mol. The third-order valence-corrected chi connectivity index (χ3v) is 4.78. The van der Waals surface area contributed by atoms with Crippen LogP contribution in [0.4, 0.5) is 10.5 Å². The molecule has 0 radical (unpaired) electrons. The van der Waals surface area contributed by atoms with Gasteiger partial charge in [-0.15, -0.1) is 11.3 Å². The van der Waals surface area contributed by atoms with Gasteiger partial charge >= 0.3 is 12.0 Å². The summed E-state index contributed by atoms with van der Waals surface area (Å²) >= 11 is 4.67. The molecule has 1 aromatic carbocycles. The monoisotopic (exact) mass is 368 g/mol. The first-order chi connectivity index (χ1) is 9.99. The van der Waals surface area contributed by atoms with Crippen molar-refractivity contribution < 1.29 is 14.7 Å². The fourth-order valence-electron chi connectivity index (χ4n) is 1.74. The summed E-state index contributed by atoms with van der Waals surface area (Å²) in [6.45, 7) is 1.90. The lowest BCUT2D eigenvalue weighted by Gasteiger charge is -2.15. The maximum atomic E-state index is 12.0. The highest BCUT2D eigenvalue weighted by Gasteiger charge is 2.23. The minimum absolute atomic E-state index is 0.567. The lowest BCUT2D eigenvalue weighted by molar-refractivity contribution is -0.139. The predicted molar refractivity (Wildman–Crippen MR) is 85.7 cm³/mol. The number of carboxylic acid groups (broad SMARTS) is 1. The van der Waals surface area contributed by atoms with Crippen LogP contribution in [0.5, 0.6) is 0 Å². The summed E-state index contributed by atoms with van der Waals surface area (Å²) in [7, 11) is 0. The molecule has 1 aromatic heterocycles. The van der Waals surface area contributed by atoms with E-state index < -0.39 is 18.0 Å². The molecule has 2 amide bonds. The van der Waals surface area contributed by atoms with E-state index in [1.165, 1.54) is 11.3 Å². The van der Waals surface area contributed by atoms with E-state index in [1.54, 1.807) is 23.6 Å². The smallest absolute Gasteiger partial charge is 0.331 e. The van der Waals surface area contributed by atoms with Crippen molar-refractivity contribution in [3.05, 3.63) is 50.6 Å². The van der Waals surface area contributed by atoms with Gasteiger partial charge in [0.15, 0.2) is 6.04 Å². The number of carbonyl (C=O) groups is 2. The second kappa shape index (κ2) is 6.73. The summed E-state index contributed by atoms with van der Waals surface area (Å²) in [5, 5.41) is 16.1. The Hall–Kier alpha value is -1.86. The van der Waals surface area contributed by atoms with Crippen LogP contribution in [-0.4, -0.2) is 17.1 Å². The number of benzene rings is 1. The van der Waals surface area contributed by atoms with E-state index in [4.69, 9.17) is 0 Å². The highest BCUT2D eigenvalue weighted by atomic mass is 79.9. The standard InChI is InChI=1S/C14H13BrN2O3S/c1-8-4-2-5-9(11(8)15)16-14(20)17-12(13(18)19)10-6-3-7-21-10/h2-7,12H,1H3,(H,18,19)(H2,16,17,20). The molecule has 0 aliphatic heterocycles. The highest BCUT2D eigenvalue weighted by Crippen LogP contribution is 2.26. The van der Waals surface area contributed by atoms with Crippen LogP contribution in [0.1, 0.15) is 16.5 Å². The van der Waals surface area contributed by atoms with Crippen molar-refractivity contribution in [3.8, 4) is 0 Å². The quantitative estimate of drug-likeness (QED) is 0.768. The van der Waals surface area contributed by atoms with Crippen LogP contribution >= 0.6 is 27.3 Å². The van der Waals surface area contributed by atoms with Crippen molar-refractivity contribution in [1.82, 2.24) is 5.32 Å². The van der Waals surface area contributed by atoms with Crippen molar-refractivity contribution in [1.29, 1.82) is 0 Å². The Bertz CT molecular complexity index is 658. The first-order valence-corrected chi connectivity index (χ1v) is 7.75. The van der Waals surface area contributed by atoms with E-state index >= 15 is 0 Å². The second-order valence-electron chi connectivity index (χ2n) is 4.32. The number of carbonyl (C=O) groups excluding carboxylic acids is 1. The van der Waals surface area contributed by atoms with Crippen LogP contribution in [-0.2, 0) is 4.79 Å². The third kappa shape index (κ3) is 3.83. The molecule has 0 saturated heterocycles. The number of nitrogens with one attached hydrogen (secondary N) is 2. The van der Waals surface area contributed by atoms with Gasteiger partial charge in [0, 0.05) is 9.35 Å². The maximum Gasteiger partial charge on any atom is 0.331 e. The molecule has 7 heteroatoms. The largest absolute Gasteiger partial charge is 0.479 e. The van der Waals surface area contributed by atoms with Crippen molar-refractivity contribution in [2.75, 3.05) is 5.32 Å². The van der Waals surface area contributed by atoms with Crippen molar-refractivity contribution in [2.24, 2.45) is 0 Å². The van der Waals surface area contributed by atoms with Crippen molar-refractivity contribution >= 4 is 45.0 Å². The van der Waals surface area contributed by atoms with E-state index in [2.05, 4.69) is 26.6 Å². The van der Waals surface area contributed by atoms with Crippen molar-refractivity contribution in [3.63, 3.8) is 0 Å². The minimum atomic E-state index is -1.10. The number of anilines is 1. The van der Waals surface area contributed by atoms with Crippen LogP contribution in [0.25, 0.3) is 0 Å². The second-order valence-corrected chi connectivity index (χ2v) is 6.09. The molecule has 5 nitrogen and oxygen atoms in total. The molecule has 21 heavy (non-hydrogen) atoms. The van der Waals surface area contributed by atoms with Gasteiger partial charge in [-0.2, -0.15) is 0 Å². The summed E-state index contributed by atoms with van der Waals surface area (Å²) < 4.78 is 0.767. The van der Waals surface area contributed by atoms with Crippen LogP contribution in [0.2, 0.25) is 0 Å². The Balaban J connectivity index is 2.10.